The number of aliphatic hydroxyl groups excluding tert-OH is 2. The molecule has 2 saturated carbocycles. The summed E-state index contributed by atoms with van der Waals surface area (Å²) in [6.45, 7) is 3.85. The number of Topliss-reactive ketones (excluding diaryl/α,β-unsaturated/α-hetero) is 1. The number of aromatic hydroxyl groups is 1. The summed E-state index contributed by atoms with van der Waals surface area (Å²) in [5.74, 6) is -1.99. The topological polar surface area (TPSA) is 204 Å². The van der Waals surface area contributed by atoms with Gasteiger partial charge in [-0.15, -0.1) is 0 Å². The number of esters is 2. The van der Waals surface area contributed by atoms with E-state index >= 15 is 0 Å². The van der Waals surface area contributed by atoms with Gasteiger partial charge in [0.05, 0.1) is 62.1 Å². The zero-order valence-electron chi connectivity index (χ0n) is 38.6. The minimum atomic E-state index is -0.915. The highest BCUT2D eigenvalue weighted by Crippen LogP contribution is 2.56. The van der Waals surface area contributed by atoms with Crippen LogP contribution in [0.5, 0.6) is 11.5 Å². The molecule has 8 rings (SSSR count). The van der Waals surface area contributed by atoms with Crippen molar-refractivity contribution in [2.24, 2.45) is 23.7 Å². The molecule has 14 nitrogen and oxygen atoms in total. The fourth-order valence-electron chi connectivity index (χ4n) is 11.5. The van der Waals surface area contributed by atoms with Crippen molar-refractivity contribution in [3.63, 3.8) is 0 Å². The lowest BCUT2D eigenvalue weighted by Crippen LogP contribution is -2.28. The predicted molar refractivity (Wildman–Crippen MR) is 252 cm³/mol. The van der Waals surface area contributed by atoms with Gasteiger partial charge in [0.15, 0.2) is 22.4 Å². The molecule has 5 aromatic rings. The van der Waals surface area contributed by atoms with E-state index in [1.165, 1.54) is 26.2 Å². The number of ketones is 1. The second-order valence-corrected chi connectivity index (χ2v) is 18.6. The number of rotatable bonds is 18. The van der Waals surface area contributed by atoms with Crippen LogP contribution in [0, 0.1) is 23.7 Å². The Morgan fingerprint density at radius 1 is 0.682 bits per heavy atom. The highest BCUT2D eigenvalue weighted by Gasteiger charge is 2.38. The van der Waals surface area contributed by atoms with E-state index in [9.17, 15) is 39.3 Å². The van der Waals surface area contributed by atoms with E-state index in [1.807, 2.05) is 13.0 Å². The Balaban J connectivity index is 1.34. The van der Waals surface area contributed by atoms with Crippen molar-refractivity contribution in [2.75, 3.05) is 59.6 Å². The number of ether oxygens (including phenoxy) is 5. The van der Waals surface area contributed by atoms with Crippen molar-refractivity contribution in [3.05, 3.63) is 66.0 Å². The number of anilines is 1. The van der Waals surface area contributed by atoms with Crippen molar-refractivity contribution >= 4 is 72.6 Å². The van der Waals surface area contributed by atoms with Gasteiger partial charge < -0.3 is 44.3 Å². The first-order chi connectivity index (χ1) is 31.9. The van der Waals surface area contributed by atoms with Crippen LogP contribution in [0.1, 0.15) is 105 Å². The summed E-state index contributed by atoms with van der Waals surface area (Å²) < 4.78 is 27.0. The molecule has 0 saturated heterocycles. The smallest absolute Gasteiger partial charge is 0.309 e. The number of phenolic OH excluding ortho intramolecular Hbond substituents is 1. The van der Waals surface area contributed by atoms with Gasteiger partial charge in [-0.2, -0.15) is 0 Å². The third kappa shape index (κ3) is 8.35. The maximum Gasteiger partial charge on any atom is 0.309 e. The van der Waals surface area contributed by atoms with Crippen molar-refractivity contribution in [2.45, 2.75) is 97.2 Å². The molecular weight excluding hydrogens is 847 g/mol. The van der Waals surface area contributed by atoms with Crippen LogP contribution in [0.3, 0.4) is 0 Å². The molecule has 3 aliphatic rings. The molecule has 2 fully saturated rings. The van der Waals surface area contributed by atoms with Crippen LogP contribution in [0.15, 0.2) is 27.3 Å². The largest absolute Gasteiger partial charge is 0.504 e. The van der Waals surface area contributed by atoms with E-state index in [0.29, 0.717) is 112 Å². The summed E-state index contributed by atoms with van der Waals surface area (Å²) in [4.78, 5) is 68.8. The zero-order chi connectivity index (χ0) is 47.0. The Hall–Kier alpha value is -5.41. The molecule has 0 aliphatic heterocycles. The van der Waals surface area contributed by atoms with E-state index < -0.39 is 30.3 Å². The molecule has 0 bridgehead atoms. The lowest BCUT2D eigenvalue weighted by atomic mass is 9.77. The molecule has 0 radical (unpaired) electrons. The highest BCUT2D eigenvalue weighted by atomic mass is 16.6. The van der Waals surface area contributed by atoms with Crippen molar-refractivity contribution in [1.29, 1.82) is 0 Å². The number of methoxy groups -OCH3 is 3. The van der Waals surface area contributed by atoms with Gasteiger partial charge >= 0.3 is 11.9 Å². The molecule has 1 unspecified atom stereocenters. The average molecular weight is 908 g/mol. The fourth-order valence-corrected chi connectivity index (χ4v) is 11.5. The maximum atomic E-state index is 14.9. The van der Waals surface area contributed by atoms with Gasteiger partial charge in [0.1, 0.15) is 19.0 Å². The highest BCUT2D eigenvalue weighted by molar-refractivity contribution is 6.39. The number of aliphatic hydroxyl groups is 2. The normalized spacial score (nSPS) is 20.8. The summed E-state index contributed by atoms with van der Waals surface area (Å²) in [7, 11) is 4.51. The van der Waals surface area contributed by atoms with E-state index in [-0.39, 0.29) is 76.7 Å². The second-order valence-electron chi connectivity index (χ2n) is 18.6. The predicted octanol–water partition coefficient (Wildman–Crippen LogP) is 7.02. The Morgan fingerprint density at radius 2 is 1.21 bits per heavy atom. The number of fused-ring (bicyclic) bond motifs is 1. The third-order valence-electron chi connectivity index (χ3n) is 14.7. The Morgan fingerprint density at radius 3 is 1.73 bits per heavy atom. The Bertz CT molecular complexity index is 2820. The van der Waals surface area contributed by atoms with Crippen LogP contribution in [0.25, 0.3) is 49.2 Å². The van der Waals surface area contributed by atoms with E-state index in [1.54, 1.807) is 14.2 Å². The molecule has 66 heavy (non-hydrogen) atoms. The standard InChI is InChI=1S/C52H61NO13/c1-26-20-35-34(15-10-28-6-11-30(12-7-28)51(60)65-18-16-62-3)48(53-23-29-8-13-31(14-9-29)52(61)66-19-17-63-4)42-36(57)21-32(24-54)39-40-33(25-55)22-37(58)43-45(40)46(41(35)44(39)42)47(38(26)27(2)56)50(64-5)49(43)59/h20-22,28-31,38,53-55,59H,6-19,23-25H2,1-5H3. The third-order valence-corrected chi connectivity index (χ3v) is 14.7. The molecule has 0 spiro atoms. The zero-order valence-corrected chi connectivity index (χ0v) is 38.6. The summed E-state index contributed by atoms with van der Waals surface area (Å²) >= 11 is 0. The Kier molecular flexibility index (Phi) is 14.1. The number of allylic oxidation sites excluding steroid dienone is 1. The summed E-state index contributed by atoms with van der Waals surface area (Å²) in [6, 6.07) is 2.71. The van der Waals surface area contributed by atoms with Crippen LogP contribution < -0.4 is 20.9 Å². The van der Waals surface area contributed by atoms with E-state index in [2.05, 4.69) is 5.32 Å². The lowest BCUT2D eigenvalue weighted by molar-refractivity contribution is -0.152. The van der Waals surface area contributed by atoms with Gasteiger partial charge in [0.2, 0.25) is 0 Å². The van der Waals surface area contributed by atoms with Crippen molar-refractivity contribution in [1.82, 2.24) is 0 Å². The molecule has 0 heterocycles. The molecule has 352 valence electrons. The van der Waals surface area contributed by atoms with E-state index in [0.717, 1.165) is 43.2 Å². The average Bonchev–Trinajstić information content (AvgIpc) is 3.44. The SMILES string of the molecule is COCCOC(=O)C1CCC(CCc2c(NCC3CCC(C(=O)OCCOC)CC3)c3c(=O)cc(CO)c4c5c(CO)cc(=O)c6c(O)c(OC)c7c(c(c2C=C(C)C7C(C)=O)c34)c65)CC1. The number of nitrogens with one attached hydrogen (secondary N) is 1. The molecule has 0 amide bonds. The molecule has 5 aromatic carbocycles. The first-order valence-electron chi connectivity index (χ1n) is 23.3. The first-order valence-corrected chi connectivity index (χ1v) is 23.3. The van der Waals surface area contributed by atoms with Gasteiger partial charge in [-0.3, -0.25) is 24.0 Å². The second kappa shape index (κ2) is 19.8. The number of carbonyl (C=O) groups excluding carboxylic acids is 3. The molecule has 1 atom stereocenters. The van der Waals surface area contributed by atoms with Gasteiger partial charge in [-0.1, -0.05) is 11.6 Å². The minimum absolute atomic E-state index is 0.0187. The van der Waals surface area contributed by atoms with Crippen molar-refractivity contribution < 1.29 is 53.4 Å². The molecule has 4 N–H and O–H groups in total. The fraction of sp³-hybridized carbons (Fsp3) is 0.519. The van der Waals surface area contributed by atoms with Crippen LogP contribution >= 0.6 is 0 Å². The quantitative estimate of drug-likeness (QED) is 0.0302. The summed E-state index contributed by atoms with van der Waals surface area (Å²) in [5, 5.41) is 40.9. The number of carbonyl (C=O) groups is 3. The van der Waals surface area contributed by atoms with Crippen LogP contribution in [-0.2, 0) is 53.0 Å². The van der Waals surface area contributed by atoms with Crippen LogP contribution in [-0.4, -0.2) is 87.3 Å². The van der Waals surface area contributed by atoms with Gasteiger partial charge in [0.25, 0.3) is 0 Å². The monoisotopic (exact) mass is 907 g/mol. The molecule has 14 heteroatoms. The lowest BCUT2D eigenvalue weighted by Gasteiger charge is -2.30. The Labute approximate surface area is 382 Å². The summed E-state index contributed by atoms with van der Waals surface area (Å²) in [5.41, 5.74) is 2.95. The van der Waals surface area contributed by atoms with Crippen molar-refractivity contribution in [3.8, 4) is 11.5 Å². The summed E-state index contributed by atoms with van der Waals surface area (Å²) in [6.07, 6.45) is 9.07. The maximum absolute atomic E-state index is 14.9. The number of hydrogen-bond acceptors (Lipinski definition) is 14. The van der Waals surface area contributed by atoms with Crippen LogP contribution in [0.2, 0.25) is 0 Å². The minimum Gasteiger partial charge on any atom is -0.504 e. The van der Waals surface area contributed by atoms with Crippen LogP contribution in [0.4, 0.5) is 5.69 Å². The number of phenols is 1. The van der Waals surface area contributed by atoms with Gasteiger partial charge in [-0.25, -0.2) is 0 Å². The van der Waals surface area contributed by atoms with Gasteiger partial charge in [-0.05, 0) is 146 Å². The number of hydrogen-bond donors (Lipinski definition) is 4. The molecular formula is C52H61NO13. The van der Waals surface area contributed by atoms with Gasteiger partial charge in [0, 0.05) is 42.8 Å². The first kappa shape index (κ1) is 47.1. The molecule has 0 aromatic heterocycles. The molecule has 3 aliphatic carbocycles. The van der Waals surface area contributed by atoms with E-state index in [4.69, 9.17) is 23.7 Å². The number of benzene rings is 5.